The number of ether oxygens (including phenoxy) is 1. The van der Waals surface area contributed by atoms with Gasteiger partial charge in [0.1, 0.15) is 11.6 Å². The highest BCUT2D eigenvalue weighted by molar-refractivity contribution is 9.10. The third-order valence-corrected chi connectivity index (χ3v) is 3.81. The number of aliphatic hydroxyl groups is 1. The van der Waals surface area contributed by atoms with Gasteiger partial charge in [0.25, 0.3) is 0 Å². The number of rotatable bonds is 5. The molecule has 2 rings (SSSR count). The lowest BCUT2D eigenvalue weighted by molar-refractivity contribution is 0.175. The smallest absolute Gasteiger partial charge is 0.124 e. The van der Waals surface area contributed by atoms with Gasteiger partial charge in [0.2, 0.25) is 0 Å². The molecule has 0 radical (unpaired) electrons. The maximum Gasteiger partial charge on any atom is 0.124 e. The van der Waals surface area contributed by atoms with Gasteiger partial charge in [-0.1, -0.05) is 34.1 Å². The van der Waals surface area contributed by atoms with Crippen LogP contribution in [-0.4, -0.2) is 18.3 Å². The summed E-state index contributed by atoms with van der Waals surface area (Å²) in [5.41, 5.74) is 1.90. The predicted octanol–water partition coefficient (Wildman–Crippen LogP) is 3.74. The van der Waals surface area contributed by atoms with Crippen molar-refractivity contribution in [1.29, 1.82) is 0 Å². The second-order valence-electron chi connectivity index (χ2n) is 4.65. The van der Waals surface area contributed by atoms with Gasteiger partial charge < -0.3 is 9.84 Å². The standard InChI is InChI=1S/C16H16BrFO2/c1-20-15-4-2-3-11(8-15)7-14(19)9-12-5-6-13(18)10-16(12)17/h2-6,8,10,14,19H,7,9H2,1H3. The zero-order chi connectivity index (χ0) is 14.5. The van der Waals surface area contributed by atoms with Gasteiger partial charge in [-0.05, 0) is 48.2 Å². The van der Waals surface area contributed by atoms with Crippen LogP contribution in [0.4, 0.5) is 4.39 Å². The van der Waals surface area contributed by atoms with Crippen molar-refractivity contribution < 1.29 is 14.2 Å². The fourth-order valence-electron chi connectivity index (χ4n) is 2.08. The van der Waals surface area contributed by atoms with E-state index in [0.717, 1.165) is 16.9 Å². The summed E-state index contributed by atoms with van der Waals surface area (Å²) in [7, 11) is 1.62. The Balaban J connectivity index is 2.02. The van der Waals surface area contributed by atoms with Gasteiger partial charge in [0, 0.05) is 4.47 Å². The molecular formula is C16H16BrFO2. The van der Waals surface area contributed by atoms with E-state index < -0.39 is 6.10 Å². The van der Waals surface area contributed by atoms with Crippen LogP contribution < -0.4 is 4.74 Å². The van der Waals surface area contributed by atoms with Crippen molar-refractivity contribution in [3.8, 4) is 5.75 Å². The van der Waals surface area contributed by atoms with E-state index in [2.05, 4.69) is 15.9 Å². The van der Waals surface area contributed by atoms with Crippen LogP contribution in [0, 0.1) is 5.82 Å². The molecule has 0 amide bonds. The Labute approximate surface area is 126 Å². The Bertz CT molecular complexity index is 586. The fraction of sp³-hybridized carbons (Fsp3) is 0.250. The molecule has 0 bridgehead atoms. The normalized spacial score (nSPS) is 12.2. The third-order valence-electron chi connectivity index (χ3n) is 3.08. The maximum atomic E-state index is 13.0. The summed E-state index contributed by atoms with van der Waals surface area (Å²) in [6.45, 7) is 0. The molecule has 0 aliphatic heterocycles. The quantitative estimate of drug-likeness (QED) is 0.899. The summed E-state index contributed by atoms with van der Waals surface area (Å²) in [4.78, 5) is 0. The van der Waals surface area contributed by atoms with Gasteiger partial charge in [-0.25, -0.2) is 4.39 Å². The highest BCUT2D eigenvalue weighted by Crippen LogP contribution is 2.21. The van der Waals surface area contributed by atoms with E-state index in [9.17, 15) is 9.50 Å². The molecular weight excluding hydrogens is 323 g/mol. The molecule has 0 spiro atoms. The second kappa shape index (κ2) is 6.86. The molecule has 20 heavy (non-hydrogen) atoms. The molecule has 0 saturated carbocycles. The van der Waals surface area contributed by atoms with Crippen LogP contribution in [0.3, 0.4) is 0 Å². The average Bonchev–Trinajstić information content (AvgIpc) is 2.42. The van der Waals surface area contributed by atoms with Crippen LogP contribution in [0.15, 0.2) is 46.9 Å². The van der Waals surface area contributed by atoms with E-state index in [4.69, 9.17) is 4.74 Å². The van der Waals surface area contributed by atoms with Gasteiger partial charge in [-0.15, -0.1) is 0 Å². The van der Waals surface area contributed by atoms with Gasteiger partial charge in [-0.3, -0.25) is 0 Å². The van der Waals surface area contributed by atoms with Crippen molar-refractivity contribution in [2.75, 3.05) is 7.11 Å². The predicted molar refractivity (Wildman–Crippen MR) is 80.5 cm³/mol. The van der Waals surface area contributed by atoms with Crippen molar-refractivity contribution in [2.45, 2.75) is 18.9 Å². The fourth-order valence-corrected chi connectivity index (χ4v) is 2.60. The van der Waals surface area contributed by atoms with Crippen LogP contribution in [0.2, 0.25) is 0 Å². The summed E-state index contributed by atoms with van der Waals surface area (Å²) in [5.74, 6) is 0.487. The third kappa shape index (κ3) is 4.05. The first kappa shape index (κ1) is 15.0. The molecule has 106 valence electrons. The molecule has 0 saturated heterocycles. The van der Waals surface area contributed by atoms with Crippen LogP contribution >= 0.6 is 15.9 Å². The molecule has 0 aromatic heterocycles. The first-order chi connectivity index (χ1) is 9.58. The number of hydrogen-bond acceptors (Lipinski definition) is 2. The molecule has 1 unspecified atom stereocenters. The molecule has 2 aromatic carbocycles. The van der Waals surface area contributed by atoms with Gasteiger partial charge in [-0.2, -0.15) is 0 Å². The Kier molecular flexibility index (Phi) is 5.15. The lowest BCUT2D eigenvalue weighted by atomic mass is 10.0. The van der Waals surface area contributed by atoms with Crippen LogP contribution in [0.25, 0.3) is 0 Å². The van der Waals surface area contributed by atoms with Crippen molar-refractivity contribution >= 4 is 15.9 Å². The molecule has 2 nitrogen and oxygen atoms in total. The van der Waals surface area contributed by atoms with E-state index >= 15 is 0 Å². The summed E-state index contributed by atoms with van der Waals surface area (Å²) in [6.07, 6.45) is 0.475. The minimum Gasteiger partial charge on any atom is -0.497 e. The number of aliphatic hydroxyl groups excluding tert-OH is 1. The van der Waals surface area contributed by atoms with Crippen LogP contribution in [0.1, 0.15) is 11.1 Å². The van der Waals surface area contributed by atoms with Gasteiger partial charge >= 0.3 is 0 Å². The van der Waals surface area contributed by atoms with Gasteiger partial charge in [0.05, 0.1) is 13.2 Å². The first-order valence-corrected chi connectivity index (χ1v) is 7.12. The Morgan fingerprint density at radius 3 is 2.70 bits per heavy atom. The van der Waals surface area contributed by atoms with E-state index in [-0.39, 0.29) is 5.82 Å². The number of halogens is 2. The lowest BCUT2D eigenvalue weighted by Gasteiger charge is -2.13. The van der Waals surface area contributed by atoms with E-state index in [1.54, 1.807) is 13.2 Å². The van der Waals surface area contributed by atoms with Crippen molar-refractivity contribution in [3.05, 3.63) is 63.9 Å². The molecule has 0 aliphatic rings. The zero-order valence-corrected chi connectivity index (χ0v) is 12.7. The summed E-state index contributed by atoms with van der Waals surface area (Å²) in [5, 5.41) is 10.2. The molecule has 0 heterocycles. The Hall–Kier alpha value is -1.39. The summed E-state index contributed by atoms with van der Waals surface area (Å²) >= 11 is 3.31. The maximum absolute atomic E-state index is 13.0. The first-order valence-electron chi connectivity index (χ1n) is 6.33. The molecule has 2 aromatic rings. The van der Waals surface area contributed by atoms with E-state index in [1.165, 1.54) is 12.1 Å². The molecule has 0 fully saturated rings. The summed E-state index contributed by atoms with van der Waals surface area (Å²) in [6, 6.07) is 12.1. The topological polar surface area (TPSA) is 29.5 Å². The molecule has 1 atom stereocenters. The lowest BCUT2D eigenvalue weighted by Crippen LogP contribution is -2.14. The minimum atomic E-state index is -0.524. The Morgan fingerprint density at radius 1 is 1.20 bits per heavy atom. The van der Waals surface area contributed by atoms with Crippen molar-refractivity contribution in [1.82, 2.24) is 0 Å². The van der Waals surface area contributed by atoms with Crippen molar-refractivity contribution in [3.63, 3.8) is 0 Å². The largest absolute Gasteiger partial charge is 0.497 e. The number of benzene rings is 2. The molecule has 0 aliphatic carbocycles. The number of hydrogen-bond donors (Lipinski definition) is 1. The Morgan fingerprint density at radius 2 is 2.00 bits per heavy atom. The number of methoxy groups -OCH3 is 1. The SMILES string of the molecule is COc1cccc(CC(O)Cc2ccc(F)cc2Br)c1. The van der Waals surface area contributed by atoms with Crippen LogP contribution in [0.5, 0.6) is 5.75 Å². The average molecular weight is 339 g/mol. The van der Waals surface area contributed by atoms with Crippen LogP contribution in [-0.2, 0) is 12.8 Å². The minimum absolute atomic E-state index is 0.289. The monoisotopic (exact) mass is 338 g/mol. The van der Waals surface area contributed by atoms with E-state index in [1.807, 2.05) is 24.3 Å². The second-order valence-corrected chi connectivity index (χ2v) is 5.50. The van der Waals surface area contributed by atoms with Crippen molar-refractivity contribution in [2.24, 2.45) is 0 Å². The van der Waals surface area contributed by atoms with E-state index in [0.29, 0.717) is 17.3 Å². The zero-order valence-electron chi connectivity index (χ0n) is 11.1. The molecule has 4 heteroatoms. The highest BCUT2D eigenvalue weighted by Gasteiger charge is 2.10. The summed E-state index contributed by atoms with van der Waals surface area (Å²) < 4.78 is 18.8. The molecule has 1 N–H and O–H groups in total. The highest BCUT2D eigenvalue weighted by atomic mass is 79.9. The van der Waals surface area contributed by atoms with Gasteiger partial charge in [0.15, 0.2) is 0 Å².